The first-order valence-electron chi connectivity index (χ1n) is 14.8. The van der Waals surface area contributed by atoms with Crippen LogP contribution in [0.4, 0.5) is 0 Å². The standard InChI is InChI=1S/C30H47N3O5/c1-6-9-10-16-32-18-12-14-30-24(27(36)33(25(30)28(32)37)22(20-34)19-21(4)5)23-26(35)31(15-7-2)17-11-13-29(23,8-3)38-30/h11-14,21-25,34H,6-10,15-20H2,1-5H3/t22-,23+,24+,25?,29-,30+/m1/s1. The summed E-state index contributed by atoms with van der Waals surface area (Å²) in [6, 6.07) is -1.43. The van der Waals surface area contributed by atoms with Gasteiger partial charge in [-0.1, -0.05) is 71.8 Å². The molecule has 4 rings (SSSR count). The van der Waals surface area contributed by atoms with Crippen molar-refractivity contribution in [3.8, 4) is 0 Å². The largest absolute Gasteiger partial charge is 0.394 e. The van der Waals surface area contributed by atoms with Crippen molar-refractivity contribution < 1.29 is 24.2 Å². The minimum absolute atomic E-state index is 0.0798. The molecule has 6 atom stereocenters. The normalized spacial score (nSPS) is 33.5. The SMILES string of the molecule is CCCCCN1CC=C[C@]23O[C@]4(CC)C=CCN(CCC)C(=O)[C@@H]4[C@H]2C(=O)N([C@@H](CO)CC(C)C)C3C1=O. The predicted octanol–water partition coefficient (Wildman–Crippen LogP) is 3.15. The third-order valence-electron chi connectivity index (χ3n) is 8.92. The van der Waals surface area contributed by atoms with Crippen LogP contribution in [0.2, 0.25) is 0 Å². The summed E-state index contributed by atoms with van der Waals surface area (Å²) >= 11 is 0. The Hall–Kier alpha value is -2.19. The second-order valence-electron chi connectivity index (χ2n) is 11.9. The van der Waals surface area contributed by atoms with E-state index >= 15 is 0 Å². The van der Waals surface area contributed by atoms with Gasteiger partial charge < -0.3 is 24.5 Å². The first kappa shape index (κ1) is 28.8. The fraction of sp³-hybridized carbons (Fsp3) is 0.767. The summed E-state index contributed by atoms with van der Waals surface area (Å²) in [5.74, 6) is -1.80. The van der Waals surface area contributed by atoms with E-state index in [1.54, 1.807) is 4.90 Å². The van der Waals surface area contributed by atoms with Crippen molar-refractivity contribution in [3.63, 3.8) is 0 Å². The number of carbonyl (C=O) groups is 3. The van der Waals surface area contributed by atoms with Gasteiger partial charge in [-0.25, -0.2) is 0 Å². The van der Waals surface area contributed by atoms with Crippen LogP contribution in [0.3, 0.4) is 0 Å². The molecule has 3 amide bonds. The molecule has 0 radical (unpaired) electrons. The molecule has 8 nitrogen and oxygen atoms in total. The zero-order valence-corrected chi connectivity index (χ0v) is 23.9. The first-order chi connectivity index (χ1) is 18.2. The molecule has 1 N–H and O–H groups in total. The van der Waals surface area contributed by atoms with Crippen LogP contribution in [-0.2, 0) is 19.1 Å². The molecule has 4 heterocycles. The topological polar surface area (TPSA) is 90.4 Å². The highest BCUT2D eigenvalue weighted by atomic mass is 16.5. The average molecular weight is 530 g/mol. The Morgan fingerprint density at radius 3 is 2.21 bits per heavy atom. The van der Waals surface area contributed by atoms with E-state index < -0.39 is 35.1 Å². The molecular formula is C30H47N3O5. The Morgan fingerprint density at radius 2 is 1.61 bits per heavy atom. The van der Waals surface area contributed by atoms with Gasteiger partial charge in [-0.2, -0.15) is 0 Å². The van der Waals surface area contributed by atoms with Crippen LogP contribution in [-0.4, -0.2) is 93.6 Å². The molecule has 212 valence electrons. The minimum Gasteiger partial charge on any atom is -0.394 e. The number of rotatable bonds is 11. The van der Waals surface area contributed by atoms with Gasteiger partial charge in [0, 0.05) is 26.2 Å². The van der Waals surface area contributed by atoms with Gasteiger partial charge in [-0.3, -0.25) is 14.4 Å². The number of aliphatic hydroxyl groups excluding tert-OH is 1. The summed E-state index contributed by atoms with van der Waals surface area (Å²) in [5, 5.41) is 10.5. The van der Waals surface area contributed by atoms with Crippen LogP contribution in [0.5, 0.6) is 0 Å². The molecule has 1 spiro atoms. The second kappa shape index (κ2) is 11.5. The van der Waals surface area contributed by atoms with Gasteiger partial charge in [0.1, 0.15) is 11.6 Å². The predicted molar refractivity (Wildman–Crippen MR) is 146 cm³/mol. The van der Waals surface area contributed by atoms with Crippen molar-refractivity contribution in [1.29, 1.82) is 0 Å². The monoisotopic (exact) mass is 529 g/mol. The van der Waals surface area contributed by atoms with Crippen LogP contribution in [0.1, 0.15) is 73.1 Å². The summed E-state index contributed by atoms with van der Waals surface area (Å²) in [6.07, 6.45) is 12.7. The molecule has 4 aliphatic rings. The quantitative estimate of drug-likeness (QED) is 0.328. The maximum absolute atomic E-state index is 14.5. The molecule has 8 heteroatoms. The van der Waals surface area contributed by atoms with Gasteiger partial charge in [-0.05, 0) is 31.6 Å². The lowest BCUT2D eigenvalue weighted by molar-refractivity contribution is -0.157. The molecule has 0 aromatic rings. The molecule has 0 aromatic carbocycles. The number of amides is 3. The van der Waals surface area contributed by atoms with Crippen molar-refractivity contribution in [2.45, 2.75) is 96.4 Å². The van der Waals surface area contributed by atoms with Crippen LogP contribution >= 0.6 is 0 Å². The maximum atomic E-state index is 14.5. The molecule has 1 unspecified atom stereocenters. The summed E-state index contributed by atoms with van der Waals surface area (Å²) in [7, 11) is 0. The van der Waals surface area contributed by atoms with Crippen molar-refractivity contribution in [3.05, 3.63) is 24.3 Å². The highest BCUT2D eigenvalue weighted by Gasteiger charge is 2.75. The number of aliphatic hydroxyl groups is 1. The number of nitrogens with zero attached hydrogens (tertiary/aromatic N) is 3. The van der Waals surface area contributed by atoms with Crippen molar-refractivity contribution in [2.75, 3.05) is 32.8 Å². The summed E-state index contributed by atoms with van der Waals surface area (Å²) in [4.78, 5) is 48.3. The molecule has 0 aromatic heterocycles. The van der Waals surface area contributed by atoms with Gasteiger partial charge in [0.05, 0.1) is 30.1 Å². The minimum atomic E-state index is -1.26. The Balaban J connectivity index is 1.86. The lowest BCUT2D eigenvalue weighted by Gasteiger charge is -2.41. The molecule has 2 fully saturated rings. The highest BCUT2D eigenvalue weighted by Crippen LogP contribution is 2.59. The summed E-state index contributed by atoms with van der Waals surface area (Å²) < 4.78 is 7.01. The molecule has 0 aliphatic carbocycles. The van der Waals surface area contributed by atoms with Crippen molar-refractivity contribution in [1.82, 2.24) is 14.7 Å². The van der Waals surface area contributed by atoms with Gasteiger partial charge >= 0.3 is 0 Å². The van der Waals surface area contributed by atoms with E-state index in [0.717, 1.165) is 25.7 Å². The van der Waals surface area contributed by atoms with E-state index in [9.17, 15) is 19.5 Å². The van der Waals surface area contributed by atoms with Crippen LogP contribution in [0.25, 0.3) is 0 Å². The number of unbranched alkanes of at least 4 members (excludes halogenated alkanes) is 2. The number of likely N-dealkylation sites (tertiary alicyclic amines) is 1. The van der Waals surface area contributed by atoms with E-state index in [4.69, 9.17) is 4.74 Å². The number of ether oxygens (including phenoxy) is 1. The molecular weight excluding hydrogens is 482 g/mol. The van der Waals surface area contributed by atoms with Crippen LogP contribution < -0.4 is 0 Å². The van der Waals surface area contributed by atoms with E-state index in [1.807, 2.05) is 61.8 Å². The van der Waals surface area contributed by atoms with E-state index in [0.29, 0.717) is 39.0 Å². The second-order valence-corrected chi connectivity index (χ2v) is 11.9. The molecule has 38 heavy (non-hydrogen) atoms. The van der Waals surface area contributed by atoms with Gasteiger partial charge in [0.15, 0.2) is 0 Å². The van der Waals surface area contributed by atoms with Gasteiger partial charge in [-0.15, -0.1) is 0 Å². The lowest BCUT2D eigenvalue weighted by atomic mass is 9.73. The Bertz CT molecular complexity index is 964. The Labute approximate surface area is 228 Å². The van der Waals surface area contributed by atoms with Gasteiger partial charge in [0.2, 0.25) is 17.7 Å². The zero-order chi connectivity index (χ0) is 27.7. The highest BCUT2D eigenvalue weighted by molar-refractivity contribution is 6.00. The third-order valence-corrected chi connectivity index (χ3v) is 8.92. The Morgan fingerprint density at radius 1 is 0.921 bits per heavy atom. The number of fused-ring (bicyclic) bond motifs is 2. The van der Waals surface area contributed by atoms with Gasteiger partial charge in [0.25, 0.3) is 0 Å². The molecule has 0 bridgehead atoms. The first-order valence-corrected chi connectivity index (χ1v) is 14.8. The van der Waals surface area contributed by atoms with E-state index in [-0.39, 0.29) is 30.2 Å². The Kier molecular flexibility index (Phi) is 8.72. The van der Waals surface area contributed by atoms with E-state index in [1.165, 1.54) is 0 Å². The average Bonchev–Trinajstić information content (AvgIpc) is 3.19. The van der Waals surface area contributed by atoms with Crippen LogP contribution in [0.15, 0.2) is 24.3 Å². The third kappa shape index (κ3) is 4.61. The summed E-state index contributed by atoms with van der Waals surface area (Å²) in [6.45, 7) is 12.2. The van der Waals surface area contributed by atoms with Crippen LogP contribution in [0, 0.1) is 17.8 Å². The van der Waals surface area contributed by atoms with E-state index in [2.05, 4.69) is 6.92 Å². The number of hydrogen-bond donors (Lipinski definition) is 1. The lowest BCUT2D eigenvalue weighted by Crippen LogP contribution is -2.59. The number of hydrogen-bond acceptors (Lipinski definition) is 5. The summed E-state index contributed by atoms with van der Waals surface area (Å²) in [5.41, 5.74) is -2.22. The fourth-order valence-corrected chi connectivity index (χ4v) is 7.24. The molecule has 0 saturated carbocycles. The smallest absolute Gasteiger partial charge is 0.249 e. The number of carbonyl (C=O) groups excluding carboxylic acids is 3. The van der Waals surface area contributed by atoms with Crippen molar-refractivity contribution in [2.24, 2.45) is 17.8 Å². The van der Waals surface area contributed by atoms with Crippen molar-refractivity contribution >= 4 is 17.7 Å². The molecule has 2 saturated heterocycles. The fourth-order valence-electron chi connectivity index (χ4n) is 7.24. The molecule has 4 aliphatic heterocycles. The maximum Gasteiger partial charge on any atom is 0.249 e. The zero-order valence-electron chi connectivity index (χ0n) is 23.9.